The molecule has 2 aromatic carbocycles. The van der Waals surface area contributed by atoms with Gasteiger partial charge in [-0.1, -0.05) is 30.3 Å². The molecule has 1 aliphatic rings. The Morgan fingerprint density at radius 1 is 1.03 bits per heavy atom. The molecule has 1 aliphatic heterocycles. The molecule has 1 saturated heterocycles. The third-order valence-corrected chi connectivity index (χ3v) is 4.97. The van der Waals surface area contributed by atoms with Crippen LogP contribution in [0.15, 0.2) is 48.5 Å². The summed E-state index contributed by atoms with van der Waals surface area (Å²) < 4.78 is 10.7. The first kappa shape index (κ1) is 22.8. The van der Waals surface area contributed by atoms with Crippen molar-refractivity contribution < 1.29 is 24.0 Å². The maximum absolute atomic E-state index is 12.7. The van der Waals surface area contributed by atoms with Crippen LogP contribution >= 0.6 is 0 Å². The fourth-order valence-electron chi connectivity index (χ4n) is 3.45. The van der Waals surface area contributed by atoms with E-state index in [9.17, 15) is 9.59 Å². The molecule has 2 aromatic rings. The lowest BCUT2D eigenvalue weighted by Crippen LogP contribution is -3.12. The zero-order valence-corrected chi connectivity index (χ0v) is 18.5. The average Bonchev–Trinajstić information content (AvgIpc) is 2.72. The van der Waals surface area contributed by atoms with Gasteiger partial charge in [-0.25, -0.2) is 4.79 Å². The number of nitrogens with one attached hydrogen (secondary N) is 3. The molecule has 0 radical (unpaired) electrons. The third-order valence-electron chi connectivity index (χ3n) is 4.97. The molecule has 0 unspecified atom stereocenters. The lowest BCUT2D eigenvalue weighted by atomic mass is 10.1. The van der Waals surface area contributed by atoms with Crippen molar-refractivity contribution in [3.63, 3.8) is 0 Å². The van der Waals surface area contributed by atoms with Crippen LogP contribution in [0.3, 0.4) is 0 Å². The Morgan fingerprint density at radius 3 is 2.45 bits per heavy atom. The maximum Gasteiger partial charge on any atom is 0.412 e. The van der Waals surface area contributed by atoms with Gasteiger partial charge in [-0.2, -0.15) is 0 Å². The van der Waals surface area contributed by atoms with Crippen LogP contribution in [0.25, 0.3) is 0 Å². The summed E-state index contributed by atoms with van der Waals surface area (Å²) in [4.78, 5) is 26.2. The summed E-state index contributed by atoms with van der Waals surface area (Å²) in [6, 6.07) is 15.0. The highest BCUT2D eigenvalue weighted by Crippen LogP contribution is 2.14. The Hall–Kier alpha value is -2.90. The fraction of sp³-hybridized carbons (Fsp3) is 0.417. The Labute approximate surface area is 183 Å². The number of amides is 2. The number of ether oxygens (including phenoxy) is 2. The van der Waals surface area contributed by atoms with E-state index >= 15 is 0 Å². The first-order valence-electron chi connectivity index (χ1n) is 10.7. The minimum absolute atomic E-state index is 0.193. The van der Waals surface area contributed by atoms with Crippen LogP contribution in [0.2, 0.25) is 0 Å². The van der Waals surface area contributed by atoms with Crippen molar-refractivity contribution >= 4 is 17.7 Å². The second kappa shape index (κ2) is 10.4. The first-order valence-corrected chi connectivity index (χ1v) is 10.7. The normalized spacial score (nSPS) is 14.7. The van der Waals surface area contributed by atoms with E-state index in [0.29, 0.717) is 17.8 Å². The Kier molecular flexibility index (Phi) is 7.65. The van der Waals surface area contributed by atoms with Crippen molar-refractivity contribution in [1.82, 2.24) is 5.32 Å². The van der Waals surface area contributed by atoms with E-state index in [-0.39, 0.29) is 5.91 Å². The van der Waals surface area contributed by atoms with Crippen molar-refractivity contribution in [2.24, 2.45) is 0 Å². The van der Waals surface area contributed by atoms with Gasteiger partial charge in [-0.05, 0) is 44.5 Å². The van der Waals surface area contributed by atoms with Crippen LogP contribution in [-0.4, -0.2) is 43.9 Å². The van der Waals surface area contributed by atoms with Crippen LogP contribution in [-0.2, 0) is 22.6 Å². The fourth-order valence-corrected chi connectivity index (χ4v) is 3.45. The molecule has 166 valence electrons. The molecule has 0 bridgehead atoms. The number of anilines is 1. The summed E-state index contributed by atoms with van der Waals surface area (Å²) >= 11 is 0. The van der Waals surface area contributed by atoms with Gasteiger partial charge in [-0.15, -0.1) is 0 Å². The Morgan fingerprint density at radius 2 is 1.74 bits per heavy atom. The first-order chi connectivity index (χ1) is 14.8. The molecule has 0 saturated carbocycles. The Bertz CT molecular complexity index is 902. The van der Waals surface area contributed by atoms with Gasteiger partial charge < -0.3 is 19.7 Å². The molecular weight excluding hydrogens is 394 g/mol. The molecule has 0 aromatic heterocycles. The zero-order chi connectivity index (χ0) is 22.3. The van der Waals surface area contributed by atoms with Crippen molar-refractivity contribution in [2.45, 2.75) is 39.5 Å². The lowest BCUT2D eigenvalue weighted by Gasteiger charge is -2.24. The molecule has 7 nitrogen and oxygen atoms in total. The number of carbonyl (C=O) groups is 2. The number of quaternary nitrogens is 1. The van der Waals surface area contributed by atoms with Crippen LogP contribution in [0, 0.1) is 0 Å². The third kappa shape index (κ3) is 7.38. The summed E-state index contributed by atoms with van der Waals surface area (Å²) in [5.74, 6) is -0.193. The summed E-state index contributed by atoms with van der Waals surface area (Å²) in [6.45, 7) is 10.4. The van der Waals surface area contributed by atoms with Crippen LogP contribution < -0.4 is 15.5 Å². The number of carbonyl (C=O) groups excluding carboxylic acids is 2. The van der Waals surface area contributed by atoms with Crippen molar-refractivity contribution in [1.29, 1.82) is 0 Å². The molecule has 31 heavy (non-hydrogen) atoms. The van der Waals surface area contributed by atoms with E-state index in [1.54, 1.807) is 45.0 Å². The van der Waals surface area contributed by atoms with E-state index in [1.165, 1.54) is 10.5 Å². The van der Waals surface area contributed by atoms with E-state index in [0.717, 1.165) is 38.4 Å². The summed E-state index contributed by atoms with van der Waals surface area (Å²) in [7, 11) is 0. The van der Waals surface area contributed by atoms with Gasteiger partial charge in [0.1, 0.15) is 25.2 Å². The number of hydrogen-bond acceptors (Lipinski definition) is 4. The lowest BCUT2D eigenvalue weighted by molar-refractivity contribution is -0.921. The molecule has 7 heteroatoms. The zero-order valence-electron chi connectivity index (χ0n) is 18.5. The van der Waals surface area contributed by atoms with Crippen molar-refractivity contribution in [3.8, 4) is 0 Å². The summed E-state index contributed by atoms with van der Waals surface area (Å²) in [6.07, 6.45) is -0.551. The molecule has 0 atom stereocenters. The molecule has 0 spiro atoms. The van der Waals surface area contributed by atoms with Crippen LogP contribution in [0.1, 0.15) is 42.3 Å². The van der Waals surface area contributed by atoms with Crippen molar-refractivity contribution in [2.75, 3.05) is 31.6 Å². The van der Waals surface area contributed by atoms with E-state index in [1.807, 2.05) is 12.1 Å². The average molecular weight is 427 g/mol. The van der Waals surface area contributed by atoms with Gasteiger partial charge in [-0.3, -0.25) is 10.1 Å². The number of rotatable bonds is 6. The van der Waals surface area contributed by atoms with Crippen LogP contribution in [0.5, 0.6) is 0 Å². The smallest absolute Gasteiger partial charge is 0.412 e. The molecule has 0 aliphatic carbocycles. The SMILES string of the molecule is CC(C)(C)OC(=O)Nc1cccc(C(=O)NCc2ccccc2C[NH+]2CCOCC2)c1. The van der Waals surface area contributed by atoms with E-state index in [4.69, 9.17) is 9.47 Å². The minimum Gasteiger partial charge on any atom is -0.444 e. The minimum atomic E-state index is -0.588. The van der Waals surface area contributed by atoms with Gasteiger partial charge in [0, 0.05) is 23.4 Å². The van der Waals surface area contributed by atoms with Gasteiger partial charge in [0.05, 0.1) is 13.2 Å². The number of benzene rings is 2. The predicted molar refractivity (Wildman–Crippen MR) is 119 cm³/mol. The molecule has 1 fully saturated rings. The highest BCUT2D eigenvalue weighted by molar-refractivity contribution is 5.96. The molecule has 3 rings (SSSR count). The number of morpholine rings is 1. The van der Waals surface area contributed by atoms with Gasteiger partial charge in [0.2, 0.25) is 0 Å². The predicted octanol–water partition coefficient (Wildman–Crippen LogP) is 2.38. The molecular formula is C24H32N3O4+. The Balaban J connectivity index is 1.59. The molecule has 1 heterocycles. The largest absolute Gasteiger partial charge is 0.444 e. The second-order valence-electron chi connectivity index (χ2n) is 8.70. The maximum atomic E-state index is 12.7. The quantitative estimate of drug-likeness (QED) is 0.663. The monoisotopic (exact) mass is 426 g/mol. The van der Waals surface area contributed by atoms with Crippen LogP contribution in [0.4, 0.5) is 10.5 Å². The highest BCUT2D eigenvalue weighted by Gasteiger charge is 2.18. The van der Waals surface area contributed by atoms with E-state index in [2.05, 4.69) is 22.8 Å². The topological polar surface area (TPSA) is 81.1 Å². The summed E-state index contributed by atoms with van der Waals surface area (Å²) in [5, 5.41) is 5.66. The highest BCUT2D eigenvalue weighted by atomic mass is 16.6. The summed E-state index contributed by atoms with van der Waals surface area (Å²) in [5.41, 5.74) is 2.75. The van der Waals surface area contributed by atoms with Gasteiger partial charge >= 0.3 is 6.09 Å². The molecule has 2 amide bonds. The van der Waals surface area contributed by atoms with Crippen molar-refractivity contribution in [3.05, 3.63) is 65.2 Å². The molecule has 3 N–H and O–H groups in total. The second-order valence-corrected chi connectivity index (χ2v) is 8.70. The van der Waals surface area contributed by atoms with Gasteiger partial charge in [0.15, 0.2) is 0 Å². The van der Waals surface area contributed by atoms with E-state index < -0.39 is 11.7 Å². The number of hydrogen-bond donors (Lipinski definition) is 3. The van der Waals surface area contributed by atoms with Gasteiger partial charge in [0.25, 0.3) is 5.91 Å². The standard InChI is InChI=1S/C24H31N3O4/c1-24(2,3)31-23(29)26-21-10-6-9-18(15-21)22(28)25-16-19-7-4-5-8-20(19)17-27-11-13-30-14-12-27/h4-10,15H,11-14,16-17H2,1-3H3,(H,25,28)(H,26,29)/p+1.